The van der Waals surface area contributed by atoms with Crippen LogP contribution in [0.3, 0.4) is 0 Å². The molecule has 0 saturated carbocycles. The van der Waals surface area contributed by atoms with Gasteiger partial charge < -0.3 is 15.5 Å². The summed E-state index contributed by atoms with van der Waals surface area (Å²) in [5, 5.41) is 0. The van der Waals surface area contributed by atoms with E-state index in [9.17, 15) is 0 Å². The van der Waals surface area contributed by atoms with Crippen LogP contribution in [0.1, 0.15) is 58.8 Å². The van der Waals surface area contributed by atoms with E-state index in [1.165, 1.54) is 71.2 Å². The molecule has 0 atom stereocenters. The van der Waals surface area contributed by atoms with Crippen molar-refractivity contribution < 1.29 is 0 Å². The van der Waals surface area contributed by atoms with Crippen molar-refractivity contribution in [2.24, 2.45) is 11.1 Å². The molecule has 4 heteroatoms. The van der Waals surface area contributed by atoms with Gasteiger partial charge in [0.25, 0.3) is 0 Å². The standard InChI is InChI=1S/C17H33N3S/c1-17(2,16(18)21)9-6-10-19-13-7-15(8-14-19)20-11-4-3-5-12-20/h15H,3-14H2,1-2H3,(H2,18,21). The van der Waals surface area contributed by atoms with Gasteiger partial charge in [0.1, 0.15) is 0 Å². The zero-order valence-corrected chi connectivity index (χ0v) is 14.8. The van der Waals surface area contributed by atoms with Gasteiger partial charge in [0.15, 0.2) is 0 Å². The first-order valence-electron chi connectivity index (χ1n) is 8.75. The van der Waals surface area contributed by atoms with Crippen LogP contribution in [0.2, 0.25) is 0 Å². The van der Waals surface area contributed by atoms with E-state index < -0.39 is 0 Å². The van der Waals surface area contributed by atoms with Crippen LogP contribution in [0, 0.1) is 5.41 Å². The minimum absolute atomic E-state index is 0.0153. The summed E-state index contributed by atoms with van der Waals surface area (Å²) in [6, 6.07) is 0.856. The predicted octanol–water partition coefficient (Wildman–Crippen LogP) is 3.03. The molecule has 2 N–H and O–H groups in total. The minimum Gasteiger partial charge on any atom is -0.393 e. The second-order valence-electron chi connectivity index (χ2n) is 7.52. The molecule has 0 bridgehead atoms. The molecule has 2 aliphatic heterocycles. The van der Waals surface area contributed by atoms with Gasteiger partial charge in [-0.3, -0.25) is 0 Å². The Hall–Kier alpha value is -0.190. The van der Waals surface area contributed by atoms with E-state index in [-0.39, 0.29) is 5.41 Å². The number of likely N-dealkylation sites (tertiary alicyclic amines) is 2. The Morgan fingerprint density at radius 2 is 1.71 bits per heavy atom. The van der Waals surface area contributed by atoms with Gasteiger partial charge in [-0.1, -0.05) is 32.5 Å². The van der Waals surface area contributed by atoms with Crippen molar-refractivity contribution in [3.63, 3.8) is 0 Å². The van der Waals surface area contributed by atoms with Gasteiger partial charge in [0, 0.05) is 11.5 Å². The number of hydrogen-bond acceptors (Lipinski definition) is 3. The molecule has 0 radical (unpaired) electrons. The summed E-state index contributed by atoms with van der Waals surface area (Å²) in [4.78, 5) is 6.04. The predicted molar refractivity (Wildman–Crippen MR) is 94.7 cm³/mol. The molecule has 122 valence electrons. The number of thiocarbonyl (C=S) groups is 1. The lowest BCUT2D eigenvalue weighted by Crippen LogP contribution is -2.46. The molecule has 2 saturated heterocycles. The third-order valence-electron chi connectivity index (χ3n) is 5.41. The van der Waals surface area contributed by atoms with Gasteiger partial charge in [-0.15, -0.1) is 0 Å². The number of piperidine rings is 2. The van der Waals surface area contributed by atoms with Crippen molar-refractivity contribution in [1.29, 1.82) is 0 Å². The van der Waals surface area contributed by atoms with E-state index in [0.717, 1.165) is 12.5 Å². The zero-order valence-electron chi connectivity index (χ0n) is 13.9. The number of rotatable bonds is 6. The summed E-state index contributed by atoms with van der Waals surface area (Å²) >= 11 is 5.15. The van der Waals surface area contributed by atoms with Crippen molar-refractivity contribution in [1.82, 2.24) is 9.80 Å². The monoisotopic (exact) mass is 311 g/mol. The quantitative estimate of drug-likeness (QED) is 0.764. The second kappa shape index (κ2) is 7.89. The minimum atomic E-state index is 0.0153. The second-order valence-corrected chi connectivity index (χ2v) is 7.96. The van der Waals surface area contributed by atoms with Crippen LogP contribution < -0.4 is 5.73 Å². The topological polar surface area (TPSA) is 32.5 Å². The molecule has 0 spiro atoms. The average Bonchev–Trinajstić information content (AvgIpc) is 2.48. The highest BCUT2D eigenvalue weighted by molar-refractivity contribution is 7.80. The molecule has 2 fully saturated rings. The van der Waals surface area contributed by atoms with Crippen molar-refractivity contribution in [2.75, 3.05) is 32.7 Å². The van der Waals surface area contributed by atoms with Crippen LogP contribution in [0.25, 0.3) is 0 Å². The molecule has 0 amide bonds. The van der Waals surface area contributed by atoms with E-state index in [2.05, 4.69) is 23.6 Å². The molecule has 0 unspecified atom stereocenters. The zero-order chi connectivity index (χ0) is 15.3. The number of hydrogen-bond donors (Lipinski definition) is 1. The highest BCUT2D eigenvalue weighted by atomic mass is 32.1. The largest absolute Gasteiger partial charge is 0.393 e. The summed E-state index contributed by atoms with van der Waals surface area (Å²) in [7, 11) is 0. The third-order valence-corrected chi connectivity index (χ3v) is 5.96. The number of nitrogens with zero attached hydrogens (tertiary/aromatic N) is 2. The van der Waals surface area contributed by atoms with Crippen molar-refractivity contribution in [2.45, 2.75) is 64.8 Å². The molecule has 3 nitrogen and oxygen atoms in total. The first-order chi connectivity index (χ1) is 9.99. The van der Waals surface area contributed by atoms with Gasteiger partial charge in [0.05, 0.1) is 4.99 Å². The van der Waals surface area contributed by atoms with Crippen molar-refractivity contribution in [3.8, 4) is 0 Å². The fourth-order valence-electron chi connectivity index (χ4n) is 3.66. The Kier molecular flexibility index (Phi) is 6.45. The maximum absolute atomic E-state index is 5.80. The summed E-state index contributed by atoms with van der Waals surface area (Å²) < 4.78 is 0. The molecule has 0 aliphatic carbocycles. The summed E-state index contributed by atoms with van der Waals surface area (Å²) in [6.07, 6.45) is 9.29. The fraction of sp³-hybridized carbons (Fsp3) is 0.941. The van der Waals surface area contributed by atoms with Crippen LogP contribution in [-0.4, -0.2) is 53.6 Å². The maximum Gasteiger partial charge on any atom is 0.0784 e. The molecule has 0 aromatic carbocycles. The molecule has 0 aromatic rings. The first-order valence-corrected chi connectivity index (χ1v) is 9.16. The van der Waals surface area contributed by atoms with Crippen LogP contribution in [-0.2, 0) is 0 Å². The lowest BCUT2D eigenvalue weighted by molar-refractivity contribution is 0.0911. The van der Waals surface area contributed by atoms with E-state index in [4.69, 9.17) is 18.0 Å². The molecule has 0 aromatic heterocycles. The van der Waals surface area contributed by atoms with Crippen LogP contribution in [0.4, 0.5) is 0 Å². The van der Waals surface area contributed by atoms with Crippen LogP contribution in [0.5, 0.6) is 0 Å². The Balaban J connectivity index is 1.64. The fourth-order valence-corrected chi connectivity index (χ4v) is 3.76. The van der Waals surface area contributed by atoms with E-state index >= 15 is 0 Å². The highest BCUT2D eigenvalue weighted by Gasteiger charge is 2.26. The molecule has 2 aliphatic rings. The number of nitrogens with two attached hydrogens (primary N) is 1. The third kappa shape index (κ3) is 5.19. The van der Waals surface area contributed by atoms with Gasteiger partial charge in [-0.25, -0.2) is 0 Å². The van der Waals surface area contributed by atoms with Gasteiger partial charge in [0.2, 0.25) is 0 Å². The first kappa shape index (κ1) is 17.2. The molecule has 21 heavy (non-hydrogen) atoms. The smallest absolute Gasteiger partial charge is 0.0784 e. The summed E-state index contributed by atoms with van der Waals surface area (Å²) in [5.41, 5.74) is 5.82. The summed E-state index contributed by atoms with van der Waals surface area (Å²) in [6.45, 7) is 10.8. The summed E-state index contributed by atoms with van der Waals surface area (Å²) in [5.74, 6) is 0. The Labute approximate surface area is 136 Å². The van der Waals surface area contributed by atoms with E-state index in [1.54, 1.807) is 0 Å². The lowest BCUT2D eigenvalue weighted by atomic mass is 9.87. The van der Waals surface area contributed by atoms with Gasteiger partial charge in [-0.05, 0) is 71.2 Å². The Morgan fingerprint density at radius 1 is 1.10 bits per heavy atom. The highest BCUT2D eigenvalue weighted by Crippen LogP contribution is 2.24. The average molecular weight is 312 g/mol. The Morgan fingerprint density at radius 3 is 2.29 bits per heavy atom. The van der Waals surface area contributed by atoms with Gasteiger partial charge in [-0.2, -0.15) is 0 Å². The molecular formula is C17H33N3S. The normalized spacial score (nSPS) is 23.3. The van der Waals surface area contributed by atoms with E-state index in [1.807, 2.05) is 0 Å². The van der Waals surface area contributed by atoms with Crippen molar-refractivity contribution in [3.05, 3.63) is 0 Å². The van der Waals surface area contributed by atoms with Crippen LogP contribution in [0.15, 0.2) is 0 Å². The van der Waals surface area contributed by atoms with Crippen LogP contribution >= 0.6 is 12.2 Å². The lowest BCUT2D eigenvalue weighted by Gasteiger charge is -2.40. The molecular weight excluding hydrogens is 278 g/mol. The van der Waals surface area contributed by atoms with Gasteiger partial charge >= 0.3 is 0 Å². The molecule has 2 rings (SSSR count). The van der Waals surface area contributed by atoms with E-state index in [0.29, 0.717) is 4.99 Å². The SMILES string of the molecule is CC(C)(CCCN1CCC(N2CCCCC2)CC1)C(N)=S. The molecule has 2 heterocycles. The van der Waals surface area contributed by atoms with Crippen molar-refractivity contribution >= 4 is 17.2 Å². The Bertz CT molecular complexity index is 329. The maximum atomic E-state index is 5.80.